The molecular formula is C15H15N5S. The van der Waals surface area contributed by atoms with E-state index < -0.39 is 0 Å². The summed E-state index contributed by atoms with van der Waals surface area (Å²) in [4.78, 5) is 0. The van der Waals surface area contributed by atoms with Gasteiger partial charge < -0.3 is 0 Å². The summed E-state index contributed by atoms with van der Waals surface area (Å²) in [5, 5.41) is 17.2. The molecule has 3 rings (SSSR count). The van der Waals surface area contributed by atoms with Crippen molar-refractivity contribution >= 4 is 29.2 Å². The molecule has 1 aromatic carbocycles. The molecular weight excluding hydrogens is 282 g/mol. The Kier molecular flexibility index (Phi) is 4.16. The zero-order chi connectivity index (χ0) is 14.5. The van der Waals surface area contributed by atoms with Gasteiger partial charge in [0.05, 0.1) is 17.8 Å². The van der Waals surface area contributed by atoms with Gasteiger partial charge in [-0.3, -0.25) is 10.1 Å². The van der Waals surface area contributed by atoms with Crippen molar-refractivity contribution in [3.8, 4) is 0 Å². The summed E-state index contributed by atoms with van der Waals surface area (Å²) in [5.74, 6) is 1.65. The van der Waals surface area contributed by atoms with Crippen LogP contribution in [0.5, 0.6) is 0 Å². The Morgan fingerprint density at radius 3 is 3.00 bits per heavy atom. The van der Waals surface area contributed by atoms with Crippen LogP contribution in [0.15, 0.2) is 54.3 Å². The first-order valence-electron chi connectivity index (χ1n) is 6.57. The Labute approximate surface area is 127 Å². The predicted molar refractivity (Wildman–Crippen MR) is 88.4 cm³/mol. The summed E-state index contributed by atoms with van der Waals surface area (Å²) in [6, 6.07) is 8.20. The van der Waals surface area contributed by atoms with Crippen molar-refractivity contribution in [1.82, 2.24) is 15.4 Å². The monoisotopic (exact) mass is 297 g/mol. The van der Waals surface area contributed by atoms with E-state index in [1.54, 1.807) is 18.0 Å². The number of hydrogen-bond donors (Lipinski definition) is 1. The molecule has 1 aliphatic heterocycles. The molecule has 0 saturated heterocycles. The van der Waals surface area contributed by atoms with Gasteiger partial charge in [0.1, 0.15) is 11.4 Å². The Morgan fingerprint density at radius 2 is 2.19 bits per heavy atom. The maximum absolute atomic E-state index is 4.72. The van der Waals surface area contributed by atoms with E-state index in [9.17, 15) is 0 Å². The molecule has 106 valence electrons. The number of benzene rings is 1. The van der Waals surface area contributed by atoms with Crippen molar-refractivity contribution in [2.45, 2.75) is 0 Å². The first kappa shape index (κ1) is 13.6. The number of hydrogen-bond acceptors (Lipinski definition) is 5. The summed E-state index contributed by atoms with van der Waals surface area (Å²) in [6.45, 7) is 3.75. The lowest BCUT2D eigenvalue weighted by molar-refractivity contribution is 0.934. The lowest BCUT2D eigenvalue weighted by Gasteiger charge is -2.20. The van der Waals surface area contributed by atoms with E-state index in [1.807, 2.05) is 29.3 Å². The van der Waals surface area contributed by atoms with Crippen molar-refractivity contribution < 1.29 is 0 Å². The van der Waals surface area contributed by atoms with Gasteiger partial charge in [-0.15, -0.1) is 23.4 Å². The molecule has 0 unspecified atom stereocenters. The van der Waals surface area contributed by atoms with E-state index in [-0.39, 0.29) is 0 Å². The van der Waals surface area contributed by atoms with Crippen LogP contribution in [0.3, 0.4) is 0 Å². The van der Waals surface area contributed by atoms with Crippen LogP contribution in [-0.2, 0) is 0 Å². The summed E-state index contributed by atoms with van der Waals surface area (Å²) < 4.78 is 0. The second kappa shape index (κ2) is 6.41. The van der Waals surface area contributed by atoms with Gasteiger partial charge in [-0.25, -0.2) is 0 Å². The van der Waals surface area contributed by atoms with Crippen LogP contribution in [0.4, 0.5) is 5.69 Å². The molecule has 0 spiro atoms. The zero-order valence-corrected chi connectivity index (χ0v) is 12.3. The van der Waals surface area contributed by atoms with E-state index in [0.717, 1.165) is 34.3 Å². The van der Waals surface area contributed by atoms with Gasteiger partial charge in [0.15, 0.2) is 0 Å². The summed E-state index contributed by atoms with van der Waals surface area (Å²) in [6.07, 6.45) is 7.67. The third kappa shape index (κ3) is 3.05. The number of nitrogens with zero attached hydrogens (tertiary/aromatic N) is 4. The molecule has 1 N–H and O–H groups in total. The molecule has 0 radical (unpaired) electrons. The topological polar surface area (TPSA) is 57.2 Å². The van der Waals surface area contributed by atoms with Crippen LogP contribution in [-0.4, -0.2) is 32.8 Å². The minimum absolute atomic E-state index is 0.734. The predicted octanol–water partition coefficient (Wildman–Crippen LogP) is 2.92. The molecule has 0 fully saturated rings. The van der Waals surface area contributed by atoms with Gasteiger partial charge in [-0.05, 0) is 17.7 Å². The largest absolute Gasteiger partial charge is 0.265 e. The number of para-hydroxylation sites is 1. The van der Waals surface area contributed by atoms with E-state index in [0.29, 0.717) is 0 Å². The van der Waals surface area contributed by atoms with Gasteiger partial charge in [0, 0.05) is 5.75 Å². The Bertz CT molecular complexity index is 675. The normalized spacial score (nSPS) is 13.5. The minimum Gasteiger partial charge on any atom is -0.265 e. The van der Waals surface area contributed by atoms with Crippen LogP contribution >= 0.6 is 11.8 Å². The third-order valence-electron chi connectivity index (χ3n) is 2.99. The Morgan fingerprint density at radius 1 is 1.29 bits per heavy atom. The van der Waals surface area contributed by atoms with E-state index in [4.69, 9.17) is 5.10 Å². The Hall–Kier alpha value is -2.34. The molecule has 2 heterocycles. The van der Waals surface area contributed by atoms with Crippen LogP contribution in [0.25, 0.3) is 6.08 Å². The number of rotatable bonds is 5. The molecule has 1 aliphatic rings. The molecule has 6 heteroatoms. The fourth-order valence-corrected chi connectivity index (χ4v) is 2.68. The molecule has 0 amide bonds. The molecule has 0 saturated carbocycles. The van der Waals surface area contributed by atoms with Crippen molar-refractivity contribution in [3.05, 3.63) is 60.5 Å². The molecule has 21 heavy (non-hydrogen) atoms. The lowest BCUT2D eigenvalue weighted by Crippen LogP contribution is -2.18. The second-order valence-electron chi connectivity index (χ2n) is 4.42. The maximum Gasteiger partial charge on any atom is 0.132 e. The third-order valence-corrected chi connectivity index (χ3v) is 3.89. The highest BCUT2D eigenvalue weighted by molar-refractivity contribution is 7.99. The quantitative estimate of drug-likeness (QED) is 0.681. The molecule has 1 aromatic heterocycles. The fraction of sp³-hybridized carbons (Fsp3) is 0.133. The number of H-pyrrole nitrogens is 1. The van der Waals surface area contributed by atoms with Crippen molar-refractivity contribution in [1.29, 1.82) is 0 Å². The fourth-order valence-electron chi connectivity index (χ4n) is 2.03. The first-order valence-corrected chi connectivity index (χ1v) is 7.72. The highest BCUT2D eigenvalue weighted by Gasteiger charge is 2.15. The van der Waals surface area contributed by atoms with Gasteiger partial charge in [0.2, 0.25) is 0 Å². The number of hydrazone groups is 1. The van der Waals surface area contributed by atoms with Gasteiger partial charge in [-0.1, -0.05) is 35.6 Å². The zero-order valence-electron chi connectivity index (χ0n) is 11.4. The van der Waals surface area contributed by atoms with E-state index >= 15 is 0 Å². The number of allylic oxidation sites excluding steroid dienone is 1. The number of fused-ring (bicyclic) bond motifs is 1. The minimum atomic E-state index is 0.734. The van der Waals surface area contributed by atoms with Crippen LogP contribution < -0.4 is 5.01 Å². The maximum atomic E-state index is 4.72. The summed E-state index contributed by atoms with van der Waals surface area (Å²) >= 11 is 1.76. The van der Waals surface area contributed by atoms with Crippen LogP contribution in [0, 0.1) is 0 Å². The van der Waals surface area contributed by atoms with Gasteiger partial charge >= 0.3 is 0 Å². The highest BCUT2D eigenvalue weighted by Crippen LogP contribution is 2.26. The number of anilines is 1. The number of thioether (sulfide) groups is 1. The lowest BCUT2D eigenvalue weighted by atomic mass is 10.1. The average Bonchev–Trinajstić information content (AvgIpc) is 2.98. The van der Waals surface area contributed by atoms with E-state index in [2.05, 4.69) is 40.2 Å². The standard InChI is InChI=1S/C15H15N5S/c1-2-9-21-11-20-15-6-4-3-5-12(15)7-8-13(18-20)14-10-16-19-17-14/h2-8,10H,1,9,11H2,(H,16,17,19). The molecule has 5 nitrogen and oxygen atoms in total. The first-order chi connectivity index (χ1) is 10.4. The van der Waals surface area contributed by atoms with Gasteiger partial charge in [-0.2, -0.15) is 5.10 Å². The summed E-state index contributed by atoms with van der Waals surface area (Å²) in [7, 11) is 0. The number of aromatic amines is 1. The number of nitrogens with one attached hydrogen (secondary N) is 1. The van der Waals surface area contributed by atoms with Crippen LogP contribution in [0.1, 0.15) is 11.3 Å². The Balaban J connectivity index is 1.96. The van der Waals surface area contributed by atoms with Crippen molar-refractivity contribution in [3.63, 3.8) is 0 Å². The summed E-state index contributed by atoms with van der Waals surface area (Å²) in [5.41, 5.74) is 3.75. The van der Waals surface area contributed by atoms with Crippen molar-refractivity contribution in [2.24, 2.45) is 5.10 Å². The second-order valence-corrected chi connectivity index (χ2v) is 5.42. The van der Waals surface area contributed by atoms with Crippen molar-refractivity contribution in [2.75, 3.05) is 16.6 Å². The molecule has 0 aliphatic carbocycles. The molecule has 0 atom stereocenters. The number of aromatic nitrogens is 3. The van der Waals surface area contributed by atoms with Gasteiger partial charge in [0.25, 0.3) is 0 Å². The SMILES string of the molecule is C=CCSCN1N=C(c2c[nH]nn2)C=Cc2ccccc21. The molecule has 2 aromatic rings. The van der Waals surface area contributed by atoms with Crippen LogP contribution in [0.2, 0.25) is 0 Å². The van der Waals surface area contributed by atoms with E-state index in [1.165, 1.54) is 0 Å². The smallest absolute Gasteiger partial charge is 0.132 e. The highest BCUT2D eigenvalue weighted by atomic mass is 32.2. The average molecular weight is 297 g/mol. The molecule has 0 bridgehead atoms.